The normalized spacial score (nSPS) is 12.1. The van der Waals surface area contributed by atoms with Crippen molar-refractivity contribution in [3.63, 3.8) is 0 Å². The number of halogens is 3. The van der Waals surface area contributed by atoms with E-state index < -0.39 is 26.6 Å². The van der Waals surface area contributed by atoms with E-state index in [1.165, 1.54) is 18.4 Å². The van der Waals surface area contributed by atoms with Crippen LogP contribution in [0.5, 0.6) is 0 Å². The molecule has 1 aromatic carbocycles. The molecule has 0 unspecified atom stereocenters. The van der Waals surface area contributed by atoms with Crippen LogP contribution >= 0.6 is 27.3 Å². The highest BCUT2D eigenvalue weighted by atomic mass is 79.9. The van der Waals surface area contributed by atoms with Gasteiger partial charge in [0.05, 0.1) is 17.2 Å². The maximum Gasteiger partial charge on any atom is 0.247 e. The first kappa shape index (κ1) is 16.5. The lowest BCUT2D eigenvalue weighted by atomic mass is 10.3. The average molecular weight is 397 g/mol. The van der Waals surface area contributed by atoms with Gasteiger partial charge in [0.25, 0.3) is 0 Å². The zero-order chi connectivity index (χ0) is 15.8. The number of hydrogen-bond donors (Lipinski definition) is 0. The lowest BCUT2D eigenvalue weighted by Gasteiger charge is -2.17. The van der Waals surface area contributed by atoms with Crippen LogP contribution in [0.1, 0.15) is 10.7 Å². The molecule has 2 aromatic rings. The van der Waals surface area contributed by atoms with Gasteiger partial charge < -0.3 is 0 Å². The molecule has 0 radical (unpaired) electrons. The summed E-state index contributed by atoms with van der Waals surface area (Å²) in [6, 6.07) is 1.45. The summed E-state index contributed by atoms with van der Waals surface area (Å²) in [5.74, 6) is -1.99. The van der Waals surface area contributed by atoms with Crippen LogP contribution in [-0.2, 0) is 16.6 Å². The summed E-state index contributed by atoms with van der Waals surface area (Å²) >= 11 is 4.29. The number of thiazole rings is 1. The first-order valence-corrected chi connectivity index (χ1v) is 8.85. The van der Waals surface area contributed by atoms with E-state index in [4.69, 9.17) is 0 Å². The van der Waals surface area contributed by atoms with Crippen LogP contribution in [0.3, 0.4) is 0 Å². The van der Waals surface area contributed by atoms with Crippen molar-refractivity contribution in [3.8, 4) is 0 Å². The van der Waals surface area contributed by atoms with E-state index in [1.54, 1.807) is 12.3 Å². The van der Waals surface area contributed by atoms with Gasteiger partial charge in [0.1, 0.15) is 16.5 Å². The van der Waals surface area contributed by atoms with Gasteiger partial charge in [-0.1, -0.05) is 0 Å². The standard InChI is InChI=1S/C12H11BrF2N2O2S2/c1-7-16-9(6-20-7)5-17(2)21(18,19)12-10(13)3-8(14)4-11(12)15/h3-4,6H,5H2,1-2H3. The largest absolute Gasteiger partial charge is 0.247 e. The number of benzene rings is 1. The number of sulfonamides is 1. The predicted molar refractivity (Wildman–Crippen MR) is 79.6 cm³/mol. The summed E-state index contributed by atoms with van der Waals surface area (Å²) in [6.45, 7) is 1.81. The number of aryl methyl sites for hydroxylation is 1. The Balaban J connectivity index is 2.38. The fourth-order valence-electron chi connectivity index (χ4n) is 1.73. The van der Waals surface area contributed by atoms with Gasteiger partial charge in [-0.3, -0.25) is 0 Å². The summed E-state index contributed by atoms with van der Waals surface area (Å²) in [4.78, 5) is 3.58. The lowest BCUT2D eigenvalue weighted by Crippen LogP contribution is -2.28. The van der Waals surface area contributed by atoms with Crippen LogP contribution in [0.4, 0.5) is 8.78 Å². The van der Waals surface area contributed by atoms with E-state index in [0.29, 0.717) is 11.8 Å². The number of aromatic nitrogens is 1. The molecule has 0 aliphatic carbocycles. The van der Waals surface area contributed by atoms with Gasteiger partial charge in [0, 0.05) is 23.0 Å². The van der Waals surface area contributed by atoms with Crippen molar-refractivity contribution < 1.29 is 17.2 Å². The quantitative estimate of drug-likeness (QED) is 0.796. The maximum absolute atomic E-state index is 13.8. The first-order valence-electron chi connectivity index (χ1n) is 5.73. The third-order valence-corrected chi connectivity index (χ3v) is 6.27. The van der Waals surface area contributed by atoms with E-state index in [9.17, 15) is 17.2 Å². The molecule has 0 aliphatic heterocycles. The predicted octanol–water partition coefficient (Wildman–Crippen LogP) is 3.31. The molecule has 1 aromatic heterocycles. The molecule has 0 spiro atoms. The Morgan fingerprint density at radius 3 is 2.57 bits per heavy atom. The molecule has 2 rings (SSSR count). The van der Waals surface area contributed by atoms with E-state index in [0.717, 1.165) is 15.4 Å². The fraction of sp³-hybridized carbons (Fsp3) is 0.250. The summed E-state index contributed by atoms with van der Waals surface area (Å²) in [5.41, 5.74) is 0.571. The smallest absolute Gasteiger partial charge is 0.245 e. The van der Waals surface area contributed by atoms with Crippen molar-refractivity contribution in [2.45, 2.75) is 18.4 Å². The third-order valence-electron chi connectivity index (χ3n) is 2.68. The zero-order valence-corrected chi connectivity index (χ0v) is 14.3. The Kier molecular flexibility index (Phi) is 4.76. The van der Waals surface area contributed by atoms with Crippen LogP contribution in [0.2, 0.25) is 0 Å². The molecule has 0 aliphatic rings. The number of nitrogens with zero attached hydrogens (tertiary/aromatic N) is 2. The molecule has 0 N–H and O–H groups in total. The molecule has 0 fully saturated rings. The van der Waals surface area contributed by atoms with E-state index in [1.807, 2.05) is 0 Å². The molecule has 4 nitrogen and oxygen atoms in total. The van der Waals surface area contributed by atoms with E-state index >= 15 is 0 Å². The zero-order valence-electron chi connectivity index (χ0n) is 11.1. The summed E-state index contributed by atoms with van der Waals surface area (Å²) in [6.07, 6.45) is 0. The first-order chi connectivity index (χ1) is 9.71. The Morgan fingerprint density at radius 1 is 1.38 bits per heavy atom. The van der Waals surface area contributed by atoms with Gasteiger partial charge >= 0.3 is 0 Å². The molecule has 114 valence electrons. The van der Waals surface area contributed by atoms with E-state index in [2.05, 4.69) is 20.9 Å². The molecule has 21 heavy (non-hydrogen) atoms. The highest BCUT2D eigenvalue weighted by Gasteiger charge is 2.28. The number of rotatable bonds is 4. The molecular formula is C12H11BrF2N2O2S2. The summed E-state index contributed by atoms with van der Waals surface area (Å²) < 4.78 is 52.5. The van der Waals surface area contributed by atoms with Gasteiger partial charge in [-0.25, -0.2) is 22.2 Å². The van der Waals surface area contributed by atoms with E-state index in [-0.39, 0.29) is 11.0 Å². The highest BCUT2D eigenvalue weighted by Crippen LogP contribution is 2.29. The Hall–Kier alpha value is -0.900. The Labute approximate surface area is 133 Å². The van der Waals surface area contributed by atoms with Crippen molar-refractivity contribution in [2.24, 2.45) is 0 Å². The Morgan fingerprint density at radius 2 is 2.05 bits per heavy atom. The van der Waals surface area contributed by atoms with Gasteiger partial charge in [-0.05, 0) is 28.9 Å². The monoisotopic (exact) mass is 396 g/mol. The second-order valence-corrected chi connectivity index (χ2v) is 8.22. The summed E-state index contributed by atoms with van der Waals surface area (Å²) in [5, 5.41) is 2.54. The van der Waals surface area contributed by atoms with Gasteiger partial charge in [-0.2, -0.15) is 4.31 Å². The van der Waals surface area contributed by atoms with Gasteiger partial charge in [-0.15, -0.1) is 11.3 Å². The van der Waals surface area contributed by atoms with Crippen molar-refractivity contribution in [1.82, 2.24) is 9.29 Å². The molecule has 0 saturated heterocycles. The van der Waals surface area contributed by atoms with Crippen LogP contribution in [0.15, 0.2) is 26.9 Å². The minimum Gasteiger partial charge on any atom is -0.245 e. The second-order valence-electron chi connectivity index (χ2n) is 4.32. The molecule has 0 atom stereocenters. The molecule has 9 heteroatoms. The van der Waals surface area contributed by atoms with Crippen molar-refractivity contribution in [1.29, 1.82) is 0 Å². The minimum atomic E-state index is -4.10. The van der Waals surface area contributed by atoms with Crippen LogP contribution in [0, 0.1) is 18.6 Å². The maximum atomic E-state index is 13.8. The van der Waals surface area contributed by atoms with Crippen molar-refractivity contribution in [3.05, 3.63) is 44.3 Å². The molecule has 1 heterocycles. The Bertz CT molecular complexity index is 754. The van der Waals surface area contributed by atoms with Gasteiger partial charge in [0.15, 0.2) is 0 Å². The lowest BCUT2D eigenvalue weighted by molar-refractivity contribution is 0.454. The van der Waals surface area contributed by atoms with Crippen LogP contribution in [-0.4, -0.2) is 24.8 Å². The van der Waals surface area contributed by atoms with Crippen LogP contribution < -0.4 is 0 Å². The average Bonchev–Trinajstić information content (AvgIpc) is 2.72. The van der Waals surface area contributed by atoms with Crippen molar-refractivity contribution in [2.75, 3.05) is 7.05 Å². The molecule has 0 bridgehead atoms. The second kappa shape index (κ2) is 6.07. The third kappa shape index (κ3) is 3.47. The fourth-order valence-corrected chi connectivity index (χ4v) is 4.58. The van der Waals surface area contributed by atoms with Crippen molar-refractivity contribution >= 4 is 37.3 Å². The SMILES string of the molecule is Cc1nc(CN(C)S(=O)(=O)c2c(F)cc(F)cc2Br)cs1. The molecular weight excluding hydrogens is 386 g/mol. The minimum absolute atomic E-state index is 0.00985. The highest BCUT2D eigenvalue weighted by molar-refractivity contribution is 9.10. The van der Waals surface area contributed by atoms with Crippen LogP contribution in [0.25, 0.3) is 0 Å². The van der Waals surface area contributed by atoms with Gasteiger partial charge in [0.2, 0.25) is 10.0 Å². The topological polar surface area (TPSA) is 50.3 Å². The molecule has 0 saturated carbocycles. The molecule has 0 amide bonds. The number of hydrogen-bond acceptors (Lipinski definition) is 4. The summed E-state index contributed by atoms with van der Waals surface area (Å²) in [7, 11) is -2.78.